The highest BCUT2D eigenvalue weighted by atomic mass is 16.5. The molecule has 0 bridgehead atoms. The van der Waals surface area contributed by atoms with Gasteiger partial charge in [-0.3, -0.25) is 5.32 Å². The molecule has 1 fully saturated rings. The number of anilines is 2. The van der Waals surface area contributed by atoms with Crippen LogP contribution in [0.25, 0.3) is 22.2 Å². The second-order valence-electron chi connectivity index (χ2n) is 6.69. The van der Waals surface area contributed by atoms with E-state index in [1.54, 1.807) is 12.1 Å². The van der Waals surface area contributed by atoms with Gasteiger partial charge in [0.2, 0.25) is 0 Å². The summed E-state index contributed by atoms with van der Waals surface area (Å²) in [5.41, 5.74) is 9.18. The number of amides is 1. The molecule has 0 saturated heterocycles. The SMILES string of the molecule is COc1cc(-c2cn(C3CCCC3)c3ncnc(N)c23)ccc1NC(=O)O. The van der Waals surface area contributed by atoms with Crippen molar-refractivity contribution in [1.29, 1.82) is 0 Å². The first-order chi connectivity index (χ1) is 13.1. The van der Waals surface area contributed by atoms with Crippen molar-refractivity contribution in [3.63, 3.8) is 0 Å². The second-order valence-corrected chi connectivity index (χ2v) is 6.69. The lowest BCUT2D eigenvalue weighted by Crippen LogP contribution is -2.08. The number of fused-ring (bicyclic) bond motifs is 1. The molecule has 1 aromatic carbocycles. The van der Waals surface area contributed by atoms with Crippen molar-refractivity contribution in [2.45, 2.75) is 31.7 Å². The van der Waals surface area contributed by atoms with Gasteiger partial charge in [-0.1, -0.05) is 18.9 Å². The summed E-state index contributed by atoms with van der Waals surface area (Å²) in [6.45, 7) is 0. The van der Waals surface area contributed by atoms with Crippen molar-refractivity contribution in [3.8, 4) is 16.9 Å². The summed E-state index contributed by atoms with van der Waals surface area (Å²) in [5, 5.41) is 12.1. The predicted octanol–water partition coefficient (Wildman–Crippen LogP) is 3.89. The van der Waals surface area contributed by atoms with Gasteiger partial charge in [-0.25, -0.2) is 14.8 Å². The molecule has 0 spiro atoms. The van der Waals surface area contributed by atoms with Gasteiger partial charge in [0.15, 0.2) is 0 Å². The van der Waals surface area contributed by atoms with Crippen molar-refractivity contribution in [3.05, 3.63) is 30.7 Å². The molecule has 27 heavy (non-hydrogen) atoms. The van der Waals surface area contributed by atoms with Gasteiger partial charge in [0.05, 0.1) is 18.2 Å². The molecule has 1 aliphatic carbocycles. The molecule has 1 amide bonds. The zero-order valence-corrected chi connectivity index (χ0v) is 15.0. The van der Waals surface area contributed by atoms with Gasteiger partial charge in [-0.15, -0.1) is 0 Å². The molecule has 3 aromatic rings. The molecular weight excluding hydrogens is 346 g/mol. The maximum atomic E-state index is 11.0. The van der Waals surface area contributed by atoms with E-state index in [4.69, 9.17) is 15.6 Å². The van der Waals surface area contributed by atoms with Crippen LogP contribution in [0.3, 0.4) is 0 Å². The normalized spacial score (nSPS) is 14.6. The Bertz CT molecular complexity index is 1010. The number of methoxy groups -OCH3 is 1. The van der Waals surface area contributed by atoms with E-state index in [0.29, 0.717) is 23.3 Å². The van der Waals surface area contributed by atoms with E-state index in [1.807, 2.05) is 6.07 Å². The summed E-state index contributed by atoms with van der Waals surface area (Å²) < 4.78 is 7.56. The molecule has 0 radical (unpaired) electrons. The molecule has 1 aliphatic rings. The Morgan fingerprint density at radius 3 is 2.81 bits per heavy atom. The molecule has 2 aromatic heterocycles. The van der Waals surface area contributed by atoms with E-state index in [0.717, 1.165) is 35.0 Å². The number of nitrogens with two attached hydrogens (primary N) is 1. The van der Waals surface area contributed by atoms with Crippen molar-refractivity contribution in [1.82, 2.24) is 14.5 Å². The highest BCUT2D eigenvalue weighted by Crippen LogP contribution is 2.40. The minimum Gasteiger partial charge on any atom is -0.495 e. The quantitative estimate of drug-likeness (QED) is 0.644. The maximum Gasteiger partial charge on any atom is 0.409 e. The molecule has 1 saturated carbocycles. The number of rotatable bonds is 4. The Balaban J connectivity index is 1.87. The zero-order chi connectivity index (χ0) is 19.0. The molecule has 2 heterocycles. The third-order valence-corrected chi connectivity index (χ3v) is 5.11. The first-order valence-corrected chi connectivity index (χ1v) is 8.88. The minimum absolute atomic E-state index is 0.387. The Labute approximate surface area is 156 Å². The number of nitrogens with zero attached hydrogens (tertiary/aromatic N) is 3. The van der Waals surface area contributed by atoms with Crippen molar-refractivity contribution in [2.75, 3.05) is 18.2 Å². The van der Waals surface area contributed by atoms with Gasteiger partial charge in [0.1, 0.15) is 23.5 Å². The summed E-state index contributed by atoms with van der Waals surface area (Å²) in [7, 11) is 1.51. The Kier molecular flexibility index (Phi) is 4.31. The van der Waals surface area contributed by atoms with Crippen LogP contribution >= 0.6 is 0 Å². The summed E-state index contributed by atoms with van der Waals surface area (Å²) in [5.74, 6) is 0.866. The van der Waals surface area contributed by atoms with E-state index < -0.39 is 6.09 Å². The van der Waals surface area contributed by atoms with E-state index >= 15 is 0 Å². The molecule has 4 rings (SSSR count). The van der Waals surface area contributed by atoms with Gasteiger partial charge in [-0.05, 0) is 30.5 Å². The first-order valence-electron chi connectivity index (χ1n) is 8.88. The average molecular weight is 367 g/mol. The topological polar surface area (TPSA) is 115 Å². The fraction of sp³-hybridized carbons (Fsp3) is 0.316. The molecule has 8 heteroatoms. The highest BCUT2D eigenvalue weighted by molar-refractivity contribution is 6.01. The van der Waals surface area contributed by atoms with Crippen LogP contribution in [0, 0.1) is 0 Å². The number of carbonyl (C=O) groups is 1. The second kappa shape index (κ2) is 6.79. The van der Waals surface area contributed by atoms with Crippen LogP contribution < -0.4 is 15.8 Å². The van der Waals surface area contributed by atoms with Crippen molar-refractivity contribution in [2.24, 2.45) is 0 Å². The van der Waals surface area contributed by atoms with E-state index in [1.165, 1.54) is 26.3 Å². The van der Waals surface area contributed by atoms with Gasteiger partial charge < -0.3 is 20.1 Å². The lowest BCUT2D eigenvalue weighted by Gasteiger charge is -2.12. The Hall–Kier alpha value is -3.29. The van der Waals surface area contributed by atoms with Gasteiger partial charge >= 0.3 is 6.09 Å². The molecule has 8 nitrogen and oxygen atoms in total. The maximum absolute atomic E-state index is 11.0. The summed E-state index contributed by atoms with van der Waals surface area (Å²) in [4.78, 5) is 19.6. The lowest BCUT2D eigenvalue weighted by atomic mass is 10.0. The largest absolute Gasteiger partial charge is 0.495 e. The molecule has 0 aliphatic heterocycles. The Morgan fingerprint density at radius 1 is 1.33 bits per heavy atom. The number of ether oxygens (including phenoxy) is 1. The number of aromatic nitrogens is 3. The predicted molar refractivity (Wildman–Crippen MR) is 103 cm³/mol. The molecule has 0 atom stereocenters. The number of nitrogen functional groups attached to an aromatic ring is 1. The molecular formula is C19H21N5O3. The fourth-order valence-electron chi connectivity index (χ4n) is 3.87. The van der Waals surface area contributed by atoms with Crippen LogP contribution in [-0.2, 0) is 0 Å². The third kappa shape index (κ3) is 3.03. The van der Waals surface area contributed by atoms with Crippen LogP contribution in [0.15, 0.2) is 30.7 Å². The van der Waals surface area contributed by atoms with Crippen molar-refractivity contribution < 1.29 is 14.6 Å². The average Bonchev–Trinajstić information content (AvgIpc) is 3.29. The smallest absolute Gasteiger partial charge is 0.409 e. The number of hydrogen-bond acceptors (Lipinski definition) is 5. The van der Waals surface area contributed by atoms with Crippen LogP contribution in [0.5, 0.6) is 5.75 Å². The summed E-state index contributed by atoms with van der Waals surface area (Å²) in [6.07, 6.45) is 7.10. The van der Waals surface area contributed by atoms with Crippen LogP contribution in [0.1, 0.15) is 31.7 Å². The highest BCUT2D eigenvalue weighted by Gasteiger charge is 2.23. The number of carboxylic acid groups (broad SMARTS) is 1. The monoisotopic (exact) mass is 367 g/mol. The summed E-state index contributed by atoms with van der Waals surface area (Å²) >= 11 is 0. The van der Waals surface area contributed by atoms with Gasteiger partial charge in [0.25, 0.3) is 0 Å². The third-order valence-electron chi connectivity index (χ3n) is 5.11. The van der Waals surface area contributed by atoms with E-state index in [9.17, 15) is 4.79 Å². The zero-order valence-electron chi connectivity index (χ0n) is 15.0. The fourth-order valence-corrected chi connectivity index (χ4v) is 3.87. The first kappa shape index (κ1) is 17.1. The van der Waals surface area contributed by atoms with Gasteiger partial charge in [-0.2, -0.15) is 0 Å². The number of nitrogens with one attached hydrogen (secondary N) is 1. The number of hydrogen-bond donors (Lipinski definition) is 3. The van der Waals surface area contributed by atoms with E-state index in [-0.39, 0.29) is 0 Å². The minimum atomic E-state index is -1.14. The van der Waals surface area contributed by atoms with Crippen LogP contribution in [0.4, 0.5) is 16.3 Å². The lowest BCUT2D eigenvalue weighted by molar-refractivity contribution is 0.209. The van der Waals surface area contributed by atoms with Crippen LogP contribution in [-0.4, -0.2) is 32.8 Å². The van der Waals surface area contributed by atoms with Crippen LogP contribution in [0.2, 0.25) is 0 Å². The molecule has 140 valence electrons. The molecule has 4 N–H and O–H groups in total. The standard InChI is InChI=1S/C19H21N5O3/c1-27-15-8-11(6-7-14(15)23-19(25)26)13-9-24(12-4-2-3-5-12)18-16(13)17(20)21-10-22-18/h6-10,12,23H,2-5H2,1H3,(H,25,26)(H2,20,21,22). The molecule has 0 unspecified atom stereocenters. The summed E-state index contributed by atoms with van der Waals surface area (Å²) in [6, 6.07) is 5.73. The van der Waals surface area contributed by atoms with Crippen molar-refractivity contribution >= 4 is 28.6 Å². The Morgan fingerprint density at radius 2 is 2.11 bits per heavy atom. The number of benzene rings is 1. The van der Waals surface area contributed by atoms with E-state index in [2.05, 4.69) is 26.0 Å². The van der Waals surface area contributed by atoms with Gasteiger partial charge in [0, 0.05) is 17.8 Å².